The molecule has 0 aromatic carbocycles. The molecule has 3 saturated carbocycles. The van der Waals surface area contributed by atoms with E-state index in [4.69, 9.17) is 5.73 Å². The molecular formula is C34H56N6O6. The summed E-state index contributed by atoms with van der Waals surface area (Å²) in [6.45, 7) is 16.2. The molecule has 258 valence electrons. The van der Waals surface area contributed by atoms with Gasteiger partial charge in [0.1, 0.15) is 18.1 Å². The van der Waals surface area contributed by atoms with Crippen LogP contribution in [0.25, 0.3) is 0 Å². The zero-order valence-electron chi connectivity index (χ0n) is 29.2. The van der Waals surface area contributed by atoms with Crippen molar-refractivity contribution in [3.63, 3.8) is 0 Å². The van der Waals surface area contributed by atoms with Crippen LogP contribution in [0, 0.1) is 39.9 Å². The van der Waals surface area contributed by atoms with Crippen molar-refractivity contribution in [2.24, 2.45) is 45.7 Å². The van der Waals surface area contributed by atoms with Crippen LogP contribution in [0.1, 0.15) is 93.9 Å². The summed E-state index contributed by atoms with van der Waals surface area (Å²) in [6, 6.07) is -4.38. The van der Waals surface area contributed by atoms with E-state index in [1.165, 1.54) is 4.90 Å². The Morgan fingerprint density at radius 3 is 1.91 bits per heavy atom. The van der Waals surface area contributed by atoms with Gasteiger partial charge in [0.15, 0.2) is 0 Å². The van der Waals surface area contributed by atoms with Gasteiger partial charge in [-0.3, -0.25) is 24.0 Å². The van der Waals surface area contributed by atoms with E-state index in [9.17, 15) is 28.8 Å². The van der Waals surface area contributed by atoms with Crippen LogP contribution >= 0.6 is 0 Å². The van der Waals surface area contributed by atoms with Crippen LogP contribution in [0.3, 0.4) is 0 Å². The molecule has 1 unspecified atom stereocenters. The minimum atomic E-state index is -1.10. The number of urea groups is 1. The van der Waals surface area contributed by atoms with E-state index in [1.807, 2.05) is 41.5 Å². The summed E-state index contributed by atoms with van der Waals surface area (Å²) in [7, 11) is 1.75. The molecule has 4 aliphatic rings. The highest BCUT2D eigenvalue weighted by molar-refractivity contribution is 6.37. The lowest BCUT2D eigenvalue weighted by atomic mass is 9.80. The first kappa shape index (κ1) is 35.7. The van der Waals surface area contributed by atoms with Crippen molar-refractivity contribution in [2.45, 2.75) is 118 Å². The van der Waals surface area contributed by atoms with Gasteiger partial charge in [0.2, 0.25) is 23.5 Å². The molecule has 5 N–H and O–H groups in total. The highest BCUT2D eigenvalue weighted by Crippen LogP contribution is 2.65. The van der Waals surface area contributed by atoms with Crippen LogP contribution in [0.15, 0.2) is 0 Å². The molecule has 1 aliphatic heterocycles. The van der Waals surface area contributed by atoms with Crippen LogP contribution in [0.4, 0.5) is 4.79 Å². The minimum absolute atomic E-state index is 0.0727. The summed E-state index contributed by atoms with van der Waals surface area (Å²) < 4.78 is 0. The van der Waals surface area contributed by atoms with Gasteiger partial charge in [-0.1, -0.05) is 74.7 Å². The van der Waals surface area contributed by atoms with E-state index in [1.54, 1.807) is 11.9 Å². The summed E-state index contributed by atoms with van der Waals surface area (Å²) in [4.78, 5) is 82.9. The second-order valence-corrected chi connectivity index (χ2v) is 17.1. The van der Waals surface area contributed by atoms with Crippen molar-refractivity contribution in [1.29, 1.82) is 0 Å². The monoisotopic (exact) mass is 644 g/mol. The molecule has 0 bridgehead atoms. The summed E-state index contributed by atoms with van der Waals surface area (Å²) >= 11 is 0. The van der Waals surface area contributed by atoms with Gasteiger partial charge in [-0.15, -0.1) is 0 Å². The van der Waals surface area contributed by atoms with Crippen LogP contribution in [0.5, 0.6) is 0 Å². The van der Waals surface area contributed by atoms with Gasteiger partial charge in [-0.05, 0) is 59.2 Å². The number of nitrogens with one attached hydrogen (secondary N) is 3. The second kappa shape index (κ2) is 12.8. The summed E-state index contributed by atoms with van der Waals surface area (Å²) in [6.07, 6.45) is 5.40. The van der Waals surface area contributed by atoms with Crippen LogP contribution in [0.2, 0.25) is 0 Å². The number of amides is 6. The Kier molecular flexibility index (Phi) is 9.92. The Bertz CT molecular complexity index is 1240. The largest absolute Gasteiger partial charge is 0.363 e. The van der Waals surface area contributed by atoms with E-state index in [0.717, 1.165) is 32.1 Å². The molecule has 12 nitrogen and oxygen atoms in total. The number of ketones is 1. The van der Waals surface area contributed by atoms with Crippen molar-refractivity contribution < 1.29 is 28.8 Å². The molecular weight excluding hydrogens is 588 g/mol. The first-order valence-corrected chi connectivity index (χ1v) is 16.9. The van der Waals surface area contributed by atoms with Gasteiger partial charge < -0.3 is 31.5 Å². The van der Waals surface area contributed by atoms with Crippen LogP contribution < -0.4 is 21.7 Å². The average molecular weight is 645 g/mol. The Morgan fingerprint density at radius 2 is 1.43 bits per heavy atom. The number of piperidine rings is 1. The number of likely N-dealkylation sites (N-methyl/N-ethyl adjacent to an activating group) is 1. The molecule has 0 radical (unpaired) electrons. The van der Waals surface area contributed by atoms with Gasteiger partial charge in [0.25, 0.3) is 5.91 Å². The van der Waals surface area contributed by atoms with Crippen molar-refractivity contribution in [3.8, 4) is 0 Å². The number of carbonyl (C=O) groups is 6. The maximum absolute atomic E-state index is 14.3. The molecule has 0 spiro atoms. The fourth-order valence-electron chi connectivity index (χ4n) is 7.30. The molecule has 1 saturated heterocycles. The van der Waals surface area contributed by atoms with E-state index in [0.29, 0.717) is 25.4 Å². The fourth-order valence-corrected chi connectivity index (χ4v) is 7.30. The lowest BCUT2D eigenvalue weighted by Crippen LogP contribution is -2.63. The SMILES string of the molecule is CN(CC1CC1)C(=O)[C@@H](NC(=O)N[C@H](C(=O)N1C[C@H]2[C@@H]([C@H]1C(=O)NC(CC1CCC1)C(=O)C(N)=O)C2(C)C)C(C)(C)C)C(C)(C)C. The van der Waals surface area contributed by atoms with E-state index >= 15 is 0 Å². The number of hydrogen-bond acceptors (Lipinski definition) is 6. The van der Waals surface area contributed by atoms with Gasteiger partial charge in [-0.2, -0.15) is 0 Å². The maximum Gasteiger partial charge on any atom is 0.316 e. The Morgan fingerprint density at radius 1 is 0.870 bits per heavy atom. The van der Waals surface area contributed by atoms with Crippen LogP contribution in [-0.4, -0.2) is 89.5 Å². The first-order chi connectivity index (χ1) is 21.1. The van der Waals surface area contributed by atoms with Gasteiger partial charge in [0.05, 0.1) is 6.04 Å². The highest BCUT2D eigenvalue weighted by Gasteiger charge is 2.70. The summed E-state index contributed by atoms with van der Waals surface area (Å²) in [5.74, 6) is -2.35. The van der Waals surface area contributed by atoms with Gasteiger partial charge >= 0.3 is 6.03 Å². The smallest absolute Gasteiger partial charge is 0.316 e. The number of rotatable bonds is 12. The zero-order valence-corrected chi connectivity index (χ0v) is 29.2. The molecule has 1 heterocycles. The summed E-state index contributed by atoms with van der Waals surface area (Å²) in [5, 5.41) is 8.49. The van der Waals surface area contributed by atoms with E-state index in [-0.39, 0.29) is 29.1 Å². The first-order valence-electron chi connectivity index (χ1n) is 16.9. The number of nitrogens with two attached hydrogens (primary N) is 1. The van der Waals surface area contributed by atoms with E-state index < -0.39 is 64.5 Å². The number of nitrogens with zero attached hydrogens (tertiary/aromatic N) is 2. The van der Waals surface area contributed by atoms with Crippen molar-refractivity contribution in [3.05, 3.63) is 0 Å². The molecule has 0 aromatic heterocycles. The lowest BCUT2D eigenvalue weighted by molar-refractivity contribution is -0.145. The predicted molar refractivity (Wildman–Crippen MR) is 173 cm³/mol. The Balaban J connectivity index is 1.52. The topological polar surface area (TPSA) is 171 Å². The second-order valence-electron chi connectivity index (χ2n) is 17.1. The molecule has 3 aliphatic carbocycles. The van der Waals surface area contributed by atoms with Crippen molar-refractivity contribution >= 4 is 35.4 Å². The summed E-state index contributed by atoms with van der Waals surface area (Å²) in [5.41, 5.74) is 3.82. The molecule has 0 aromatic rings. The number of likely N-dealkylation sites (tertiary alicyclic amines) is 1. The van der Waals surface area contributed by atoms with Crippen molar-refractivity contribution in [2.75, 3.05) is 20.1 Å². The molecule has 6 amide bonds. The molecule has 6 atom stereocenters. The van der Waals surface area contributed by atoms with Crippen molar-refractivity contribution in [1.82, 2.24) is 25.8 Å². The lowest BCUT2D eigenvalue weighted by Gasteiger charge is -2.39. The number of fused-ring (bicyclic) bond motifs is 1. The predicted octanol–water partition coefficient (Wildman–Crippen LogP) is 2.20. The fraction of sp³-hybridized carbons (Fsp3) is 0.824. The average Bonchev–Trinajstić information content (AvgIpc) is 3.76. The maximum atomic E-state index is 14.3. The molecule has 12 heteroatoms. The highest BCUT2D eigenvalue weighted by atomic mass is 16.2. The quantitative estimate of drug-likeness (QED) is 0.237. The Labute approximate surface area is 273 Å². The third-order valence-electron chi connectivity index (χ3n) is 10.8. The molecule has 46 heavy (non-hydrogen) atoms. The van der Waals surface area contributed by atoms with Crippen LogP contribution in [-0.2, 0) is 24.0 Å². The Hall–Kier alpha value is -3.18. The standard InChI is InChI=1S/C34H56N6O6/c1-32(2,3)25(29(44)39(9)16-19-13-14-19)37-31(46)38-26(33(4,5)6)30(45)40-17-20-22(34(20,7)8)23(40)28(43)36-21(24(41)27(35)42)15-18-11-10-12-18/h18-23,25-26H,10-17H2,1-9H3,(H2,35,42)(H,36,43)(H2,37,38,46)/t20-,21?,22-,23-,25+,26+/m0/s1. The third-order valence-corrected chi connectivity index (χ3v) is 10.8. The molecule has 4 fully saturated rings. The van der Waals surface area contributed by atoms with Gasteiger partial charge in [-0.25, -0.2) is 4.79 Å². The third kappa shape index (κ3) is 7.68. The normalized spacial score (nSPS) is 25.7. The number of Topliss-reactive ketones (excluding diaryl/α,β-unsaturated/α-hetero) is 1. The van der Waals surface area contributed by atoms with Gasteiger partial charge in [0, 0.05) is 20.1 Å². The zero-order chi connectivity index (χ0) is 34.5. The number of carbonyl (C=O) groups excluding carboxylic acids is 6. The number of primary amides is 1. The number of hydrogen-bond donors (Lipinski definition) is 4. The minimum Gasteiger partial charge on any atom is -0.363 e. The van der Waals surface area contributed by atoms with E-state index in [2.05, 4.69) is 29.8 Å². The molecule has 4 rings (SSSR count).